The molecule has 2 amide bonds. The monoisotopic (exact) mass is 615 g/mol. The number of carbonyl (C=O) groups is 2. The maximum atomic E-state index is 13.2. The van der Waals surface area contributed by atoms with Crippen LogP contribution in [0.5, 0.6) is 17.2 Å². The van der Waals surface area contributed by atoms with Crippen LogP contribution in [0.2, 0.25) is 5.02 Å². The van der Waals surface area contributed by atoms with E-state index in [1.165, 1.54) is 4.90 Å². The molecule has 5 rings (SSSR count). The summed E-state index contributed by atoms with van der Waals surface area (Å²) in [5, 5.41) is 2.26. The summed E-state index contributed by atoms with van der Waals surface area (Å²) >= 11 is 7.59. The Balaban J connectivity index is 1.30. The summed E-state index contributed by atoms with van der Waals surface area (Å²) in [6.07, 6.45) is 1.66. The summed E-state index contributed by atoms with van der Waals surface area (Å²) in [6, 6.07) is 23.8. The minimum atomic E-state index is -0.364. The lowest BCUT2D eigenvalue weighted by atomic mass is 10.0. The highest BCUT2D eigenvalue weighted by Gasteiger charge is 2.35. The number of thioether (sulfide) groups is 1. The molecule has 0 saturated carbocycles. The average molecular weight is 616 g/mol. The van der Waals surface area contributed by atoms with Crippen molar-refractivity contribution in [3.8, 4) is 17.2 Å². The molecule has 0 bridgehead atoms. The number of hydrogen-bond acceptors (Lipinski definition) is 6. The van der Waals surface area contributed by atoms with Gasteiger partial charge in [-0.05, 0) is 88.8 Å². The molecule has 1 aliphatic heterocycles. The fourth-order valence-electron chi connectivity index (χ4n) is 4.98. The van der Waals surface area contributed by atoms with Crippen molar-refractivity contribution in [2.45, 2.75) is 40.2 Å². The van der Waals surface area contributed by atoms with Gasteiger partial charge in [0.2, 0.25) is 0 Å². The third-order valence-electron chi connectivity index (χ3n) is 7.12. The van der Waals surface area contributed by atoms with E-state index in [1.54, 1.807) is 18.2 Å². The van der Waals surface area contributed by atoms with Crippen LogP contribution in [0.3, 0.4) is 0 Å². The molecule has 0 unspecified atom stereocenters. The van der Waals surface area contributed by atoms with E-state index in [0.717, 1.165) is 45.0 Å². The van der Waals surface area contributed by atoms with Crippen LogP contribution in [-0.2, 0) is 11.4 Å². The van der Waals surface area contributed by atoms with Crippen LogP contribution < -0.4 is 14.2 Å². The van der Waals surface area contributed by atoms with Gasteiger partial charge >= 0.3 is 0 Å². The number of ether oxygens (including phenoxy) is 3. The number of imide groups is 1. The molecular weight excluding hydrogens is 582 g/mol. The fraction of sp³-hybridized carbons (Fsp3) is 0.257. The van der Waals surface area contributed by atoms with Gasteiger partial charge in [-0.1, -0.05) is 80.0 Å². The van der Waals surface area contributed by atoms with E-state index in [0.29, 0.717) is 46.1 Å². The Hall–Kier alpha value is -3.94. The van der Waals surface area contributed by atoms with E-state index in [-0.39, 0.29) is 24.3 Å². The standard InChI is InChI=1S/C35H34ClNO5S/c1-5-40-31-19-24(18-29(36)33(31)42-21-26-11-8-10-25-9-6-7-12-28(25)26)20-32-34(38)37(35(39)43-32)15-16-41-30-17-23(4)13-14-27(30)22(2)3/h6-14,17-20,22H,5,15-16,21H2,1-4H3/b32-20-. The summed E-state index contributed by atoms with van der Waals surface area (Å²) in [4.78, 5) is 27.5. The Kier molecular flexibility index (Phi) is 9.63. The molecule has 0 spiro atoms. The van der Waals surface area contributed by atoms with Crippen LogP contribution in [-0.4, -0.2) is 35.8 Å². The van der Waals surface area contributed by atoms with Gasteiger partial charge in [0.25, 0.3) is 11.1 Å². The fourth-order valence-corrected chi connectivity index (χ4v) is 6.12. The second-order valence-electron chi connectivity index (χ2n) is 10.6. The van der Waals surface area contributed by atoms with Gasteiger partial charge in [-0.25, -0.2) is 0 Å². The normalized spacial score (nSPS) is 14.3. The van der Waals surface area contributed by atoms with Crippen molar-refractivity contribution in [2.75, 3.05) is 19.8 Å². The van der Waals surface area contributed by atoms with Gasteiger partial charge in [0.15, 0.2) is 11.5 Å². The number of halogens is 1. The van der Waals surface area contributed by atoms with Crippen molar-refractivity contribution in [1.82, 2.24) is 4.90 Å². The predicted octanol–water partition coefficient (Wildman–Crippen LogP) is 9.02. The van der Waals surface area contributed by atoms with Crippen molar-refractivity contribution in [2.24, 2.45) is 0 Å². The van der Waals surface area contributed by atoms with Gasteiger partial charge in [-0.15, -0.1) is 0 Å². The summed E-state index contributed by atoms with van der Waals surface area (Å²) in [7, 11) is 0. The van der Waals surface area contributed by atoms with Crippen LogP contribution in [0.4, 0.5) is 4.79 Å². The van der Waals surface area contributed by atoms with Crippen LogP contribution in [0.15, 0.2) is 77.7 Å². The first-order valence-electron chi connectivity index (χ1n) is 14.3. The first kappa shape index (κ1) is 30.5. The van der Waals surface area contributed by atoms with Crippen LogP contribution in [0, 0.1) is 6.92 Å². The summed E-state index contributed by atoms with van der Waals surface area (Å²) in [5.74, 6) is 1.60. The highest BCUT2D eigenvalue weighted by molar-refractivity contribution is 8.18. The van der Waals surface area contributed by atoms with Gasteiger partial charge < -0.3 is 14.2 Å². The third-order valence-corrected chi connectivity index (χ3v) is 8.31. The zero-order valence-corrected chi connectivity index (χ0v) is 26.3. The van der Waals surface area contributed by atoms with Crippen molar-refractivity contribution in [1.29, 1.82) is 0 Å². The Bertz CT molecular complexity index is 1690. The number of nitrogens with zero attached hydrogens (tertiary/aromatic N) is 1. The maximum Gasteiger partial charge on any atom is 0.293 e. The van der Waals surface area contributed by atoms with E-state index < -0.39 is 0 Å². The number of aryl methyl sites for hydroxylation is 1. The quantitative estimate of drug-likeness (QED) is 0.157. The van der Waals surface area contributed by atoms with Gasteiger partial charge in [0.1, 0.15) is 19.0 Å². The molecule has 0 aromatic heterocycles. The molecule has 8 heteroatoms. The molecule has 43 heavy (non-hydrogen) atoms. The van der Waals surface area contributed by atoms with E-state index in [1.807, 2.05) is 44.2 Å². The first-order chi connectivity index (χ1) is 20.7. The molecule has 222 valence electrons. The number of hydrogen-bond donors (Lipinski definition) is 0. The molecule has 4 aromatic rings. The number of fused-ring (bicyclic) bond motifs is 1. The van der Waals surface area contributed by atoms with Crippen molar-refractivity contribution < 1.29 is 23.8 Å². The number of benzene rings is 4. The van der Waals surface area contributed by atoms with Crippen LogP contribution in [0.1, 0.15) is 48.9 Å². The third kappa shape index (κ3) is 7.00. The van der Waals surface area contributed by atoms with Crippen LogP contribution in [0.25, 0.3) is 16.8 Å². The molecule has 6 nitrogen and oxygen atoms in total. The first-order valence-corrected chi connectivity index (χ1v) is 15.5. The van der Waals surface area contributed by atoms with Crippen LogP contribution >= 0.6 is 23.4 Å². The van der Waals surface area contributed by atoms with E-state index in [2.05, 4.69) is 44.2 Å². The molecule has 0 radical (unpaired) electrons. The Morgan fingerprint density at radius 1 is 0.930 bits per heavy atom. The second-order valence-corrected chi connectivity index (χ2v) is 12.0. The van der Waals surface area contributed by atoms with Gasteiger partial charge in [-0.3, -0.25) is 14.5 Å². The summed E-state index contributed by atoms with van der Waals surface area (Å²) < 4.78 is 18.1. The molecule has 4 aromatic carbocycles. The smallest absolute Gasteiger partial charge is 0.293 e. The lowest BCUT2D eigenvalue weighted by molar-refractivity contribution is -0.123. The molecule has 1 saturated heterocycles. The number of amides is 2. The van der Waals surface area contributed by atoms with E-state index >= 15 is 0 Å². The Morgan fingerprint density at radius 3 is 2.51 bits per heavy atom. The van der Waals surface area contributed by atoms with E-state index in [4.69, 9.17) is 25.8 Å². The molecule has 1 fully saturated rings. The van der Waals surface area contributed by atoms with Gasteiger partial charge in [-0.2, -0.15) is 0 Å². The zero-order valence-electron chi connectivity index (χ0n) is 24.7. The second kappa shape index (κ2) is 13.6. The lowest BCUT2D eigenvalue weighted by Crippen LogP contribution is -2.32. The van der Waals surface area contributed by atoms with Gasteiger partial charge in [0, 0.05) is 0 Å². The van der Waals surface area contributed by atoms with E-state index in [9.17, 15) is 9.59 Å². The minimum Gasteiger partial charge on any atom is -0.491 e. The molecule has 0 N–H and O–H groups in total. The SMILES string of the molecule is CCOc1cc(/C=C2\SC(=O)N(CCOc3cc(C)ccc3C(C)C)C2=O)cc(Cl)c1OCc1cccc2ccccc12. The highest BCUT2D eigenvalue weighted by Crippen LogP contribution is 2.40. The molecule has 0 atom stereocenters. The Morgan fingerprint density at radius 2 is 1.72 bits per heavy atom. The van der Waals surface area contributed by atoms with Crippen molar-refractivity contribution in [3.05, 3.63) is 105 Å². The summed E-state index contributed by atoms with van der Waals surface area (Å²) in [6.45, 7) is 9.16. The zero-order chi connectivity index (χ0) is 30.5. The molecule has 1 aliphatic rings. The largest absolute Gasteiger partial charge is 0.491 e. The maximum absolute atomic E-state index is 13.2. The minimum absolute atomic E-state index is 0.152. The molecule has 1 heterocycles. The average Bonchev–Trinajstić information content (AvgIpc) is 3.24. The van der Waals surface area contributed by atoms with Gasteiger partial charge in [0.05, 0.1) is 23.1 Å². The van der Waals surface area contributed by atoms with Crippen molar-refractivity contribution >= 4 is 51.4 Å². The topological polar surface area (TPSA) is 65.1 Å². The van der Waals surface area contributed by atoms with Crippen molar-refractivity contribution in [3.63, 3.8) is 0 Å². The summed E-state index contributed by atoms with van der Waals surface area (Å²) in [5.41, 5.74) is 3.84. The predicted molar refractivity (Wildman–Crippen MR) is 174 cm³/mol. The number of rotatable bonds is 11. The highest BCUT2D eigenvalue weighted by atomic mass is 35.5. The number of carbonyl (C=O) groups excluding carboxylic acids is 2. The lowest BCUT2D eigenvalue weighted by Gasteiger charge is -2.17. The molecular formula is C35H34ClNO5S. The Labute approximate surface area is 261 Å². The molecule has 0 aliphatic carbocycles.